The Balaban J connectivity index is 1.96. The molecule has 1 aromatic heterocycles. The molecule has 0 saturated carbocycles. The summed E-state index contributed by atoms with van der Waals surface area (Å²) in [6, 6.07) is 13.5. The van der Waals surface area contributed by atoms with Crippen LogP contribution in [0.4, 0.5) is 4.39 Å². The number of hydrogen-bond donors (Lipinski definition) is 0. The molecule has 1 aliphatic heterocycles. The minimum Gasteiger partial charge on any atom is -0.254 e. The van der Waals surface area contributed by atoms with Gasteiger partial charge in [-0.15, -0.1) is 0 Å². The van der Waals surface area contributed by atoms with Gasteiger partial charge in [-0.3, -0.25) is 4.21 Å². The number of rotatable bonds is 1. The van der Waals surface area contributed by atoms with Gasteiger partial charge in [0.05, 0.1) is 16.5 Å². The van der Waals surface area contributed by atoms with E-state index in [4.69, 9.17) is 11.6 Å². The highest BCUT2D eigenvalue weighted by atomic mass is 35.5. The lowest BCUT2D eigenvalue weighted by Crippen LogP contribution is -2.01. The highest BCUT2D eigenvalue weighted by Crippen LogP contribution is 2.35. The van der Waals surface area contributed by atoms with Crippen LogP contribution in [0.3, 0.4) is 0 Å². The smallest absolute Gasteiger partial charge is 0.161 e. The second kappa shape index (κ2) is 6.07. The second-order valence-corrected chi connectivity index (χ2v) is 7.37. The van der Waals surface area contributed by atoms with E-state index in [9.17, 15) is 8.60 Å². The SMILES string of the molecule is O=S1CCc2c(Cl)nc(-c3ccc(F)cc3)nc2-c2ccccc21. The predicted octanol–water partition coefficient (Wildman–Crippen LogP) is 4.27. The van der Waals surface area contributed by atoms with Crippen LogP contribution in [0, 0.1) is 5.82 Å². The van der Waals surface area contributed by atoms with Gasteiger partial charge in [-0.2, -0.15) is 0 Å². The summed E-state index contributed by atoms with van der Waals surface area (Å²) in [5.74, 6) is 0.602. The maximum absolute atomic E-state index is 13.1. The molecule has 4 rings (SSSR count). The third-order valence-corrected chi connectivity index (χ3v) is 5.72. The van der Waals surface area contributed by atoms with Gasteiger partial charge in [-0.1, -0.05) is 29.8 Å². The van der Waals surface area contributed by atoms with Crippen LogP contribution in [-0.2, 0) is 17.2 Å². The summed E-state index contributed by atoms with van der Waals surface area (Å²) in [4.78, 5) is 9.78. The summed E-state index contributed by atoms with van der Waals surface area (Å²) in [5.41, 5.74) is 3.01. The van der Waals surface area contributed by atoms with Gasteiger partial charge in [0.25, 0.3) is 0 Å². The average molecular weight is 359 g/mol. The average Bonchev–Trinajstić information content (AvgIpc) is 2.74. The number of fused-ring (bicyclic) bond motifs is 3. The lowest BCUT2D eigenvalue weighted by Gasteiger charge is -2.11. The third kappa shape index (κ3) is 2.64. The van der Waals surface area contributed by atoms with Gasteiger partial charge >= 0.3 is 0 Å². The molecule has 0 aliphatic carbocycles. The molecule has 2 heterocycles. The molecule has 3 aromatic rings. The minimum atomic E-state index is -1.10. The van der Waals surface area contributed by atoms with Gasteiger partial charge in [-0.05, 0) is 36.8 Å². The largest absolute Gasteiger partial charge is 0.254 e. The summed E-state index contributed by atoms with van der Waals surface area (Å²) in [6.07, 6.45) is 0.555. The van der Waals surface area contributed by atoms with Crippen LogP contribution in [-0.4, -0.2) is 19.9 Å². The van der Waals surface area contributed by atoms with E-state index < -0.39 is 10.8 Å². The Bertz CT molecular complexity index is 960. The van der Waals surface area contributed by atoms with Crippen LogP contribution in [0.5, 0.6) is 0 Å². The highest BCUT2D eigenvalue weighted by molar-refractivity contribution is 7.85. The molecule has 0 saturated heterocycles. The standard InChI is InChI=1S/C18H12ClFN2OS/c19-17-14-9-10-24(23)15-4-2-1-3-13(15)16(14)21-18(22-17)11-5-7-12(20)8-6-11/h1-8H,9-10H2. The molecular formula is C18H12ClFN2OS. The monoisotopic (exact) mass is 358 g/mol. The Morgan fingerprint density at radius 1 is 1.04 bits per heavy atom. The highest BCUT2D eigenvalue weighted by Gasteiger charge is 2.23. The first-order valence-electron chi connectivity index (χ1n) is 7.43. The van der Waals surface area contributed by atoms with Crippen molar-refractivity contribution in [3.63, 3.8) is 0 Å². The Hall–Kier alpha value is -2.11. The Labute approximate surface area is 146 Å². The van der Waals surface area contributed by atoms with Crippen LogP contribution in [0.25, 0.3) is 22.6 Å². The van der Waals surface area contributed by atoms with E-state index in [2.05, 4.69) is 9.97 Å². The van der Waals surface area contributed by atoms with Gasteiger partial charge in [-0.25, -0.2) is 14.4 Å². The van der Waals surface area contributed by atoms with Crippen molar-refractivity contribution in [2.24, 2.45) is 0 Å². The summed E-state index contributed by atoms with van der Waals surface area (Å²) >= 11 is 6.39. The molecule has 0 fully saturated rings. The molecule has 0 spiro atoms. The van der Waals surface area contributed by atoms with Crippen molar-refractivity contribution >= 4 is 22.4 Å². The molecule has 1 unspecified atom stereocenters. The van der Waals surface area contributed by atoms with Gasteiger partial charge in [0, 0.05) is 27.3 Å². The van der Waals surface area contributed by atoms with Crippen LogP contribution in [0.2, 0.25) is 5.15 Å². The predicted molar refractivity (Wildman–Crippen MR) is 92.9 cm³/mol. The van der Waals surface area contributed by atoms with Crippen molar-refractivity contribution in [3.8, 4) is 22.6 Å². The van der Waals surface area contributed by atoms with Crippen molar-refractivity contribution in [3.05, 3.63) is 65.1 Å². The molecule has 1 atom stereocenters. The fourth-order valence-corrected chi connectivity index (χ4v) is 4.31. The van der Waals surface area contributed by atoms with E-state index >= 15 is 0 Å². The Morgan fingerprint density at radius 2 is 1.79 bits per heavy atom. The van der Waals surface area contributed by atoms with Crippen molar-refractivity contribution in [2.75, 3.05) is 5.75 Å². The zero-order chi connectivity index (χ0) is 16.7. The van der Waals surface area contributed by atoms with Crippen molar-refractivity contribution in [2.45, 2.75) is 11.3 Å². The van der Waals surface area contributed by atoms with Crippen molar-refractivity contribution in [1.29, 1.82) is 0 Å². The molecule has 0 N–H and O–H groups in total. The molecule has 1 aliphatic rings. The van der Waals surface area contributed by atoms with E-state index in [-0.39, 0.29) is 5.82 Å². The van der Waals surface area contributed by atoms with E-state index in [1.807, 2.05) is 24.3 Å². The third-order valence-electron chi connectivity index (χ3n) is 3.98. The maximum Gasteiger partial charge on any atom is 0.161 e. The first-order valence-corrected chi connectivity index (χ1v) is 9.13. The molecule has 6 heteroatoms. The quantitative estimate of drug-likeness (QED) is 0.610. The summed E-state index contributed by atoms with van der Waals surface area (Å²) in [7, 11) is -1.10. The topological polar surface area (TPSA) is 42.9 Å². The summed E-state index contributed by atoms with van der Waals surface area (Å²) in [6.45, 7) is 0. The van der Waals surface area contributed by atoms with Crippen molar-refractivity contribution < 1.29 is 8.60 Å². The van der Waals surface area contributed by atoms with Gasteiger partial charge in [0.2, 0.25) is 0 Å². The zero-order valence-electron chi connectivity index (χ0n) is 12.5. The van der Waals surface area contributed by atoms with E-state index in [0.717, 1.165) is 16.0 Å². The molecule has 24 heavy (non-hydrogen) atoms. The Kier molecular flexibility index (Phi) is 3.90. The number of aromatic nitrogens is 2. The summed E-state index contributed by atoms with van der Waals surface area (Å²) < 4.78 is 25.6. The number of benzene rings is 2. The molecule has 2 aromatic carbocycles. The fourth-order valence-electron chi connectivity index (χ4n) is 2.79. The molecule has 3 nitrogen and oxygen atoms in total. The van der Waals surface area contributed by atoms with Crippen LogP contribution in [0.1, 0.15) is 5.56 Å². The number of halogens is 2. The molecular weight excluding hydrogens is 347 g/mol. The van der Waals surface area contributed by atoms with E-state index in [0.29, 0.717) is 34.4 Å². The molecule has 120 valence electrons. The van der Waals surface area contributed by atoms with Gasteiger partial charge < -0.3 is 0 Å². The lowest BCUT2D eigenvalue weighted by atomic mass is 10.0. The lowest BCUT2D eigenvalue weighted by molar-refractivity contribution is 0.628. The van der Waals surface area contributed by atoms with Gasteiger partial charge in [0.15, 0.2) is 5.82 Å². The number of nitrogens with zero attached hydrogens (tertiary/aromatic N) is 2. The first-order chi connectivity index (χ1) is 11.6. The second-order valence-electron chi connectivity index (χ2n) is 5.47. The fraction of sp³-hybridized carbons (Fsp3) is 0.111. The molecule has 0 bridgehead atoms. The normalized spacial score (nSPS) is 16.2. The van der Waals surface area contributed by atoms with Crippen LogP contribution in [0.15, 0.2) is 53.4 Å². The Morgan fingerprint density at radius 3 is 2.58 bits per heavy atom. The van der Waals surface area contributed by atoms with E-state index in [1.165, 1.54) is 12.1 Å². The first kappa shape index (κ1) is 15.4. The van der Waals surface area contributed by atoms with Gasteiger partial charge in [0.1, 0.15) is 11.0 Å². The maximum atomic E-state index is 13.1. The van der Waals surface area contributed by atoms with Crippen LogP contribution >= 0.6 is 11.6 Å². The van der Waals surface area contributed by atoms with Crippen molar-refractivity contribution in [1.82, 2.24) is 9.97 Å². The molecule has 0 radical (unpaired) electrons. The number of hydrogen-bond acceptors (Lipinski definition) is 3. The molecule has 0 amide bonds. The van der Waals surface area contributed by atoms with Crippen LogP contribution < -0.4 is 0 Å². The summed E-state index contributed by atoms with van der Waals surface area (Å²) in [5, 5.41) is 0.355. The minimum absolute atomic E-state index is 0.319. The zero-order valence-corrected chi connectivity index (χ0v) is 14.1. The van der Waals surface area contributed by atoms with E-state index in [1.54, 1.807) is 12.1 Å².